The van der Waals surface area contributed by atoms with Crippen LogP contribution in [0.1, 0.15) is 33.1 Å². The van der Waals surface area contributed by atoms with Gasteiger partial charge in [-0.15, -0.1) is 24.0 Å². The number of nitrogens with zero attached hydrogens (tertiary/aromatic N) is 2. The van der Waals surface area contributed by atoms with Crippen LogP contribution in [-0.4, -0.2) is 63.5 Å². The Morgan fingerprint density at radius 1 is 1.38 bits per heavy atom. The van der Waals surface area contributed by atoms with Crippen LogP contribution in [0.2, 0.25) is 0 Å². The van der Waals surface area contributed by atoms with Crippen LogP contribution in [0.5, 0.6) is 0 Å². The van der Waals surface area contributed by atoms with Gasteiger partial charge in [-0.05, 0) is 33.1 Å². The third kappa shape index (κ3) is 5.56. The molecule has 124 valence electrons. The first-order valence-corrected chi connectivity index (χ1v) is 7.98. The van der Waals surface area contributed by atoms with Gasteiger partial charge < -0.3 is 19.7 Å². The molecule has 0 amide bonds. The lowest BCUT2D eigenvalue weighted by atomic mass is 9.87. The third-order valence-corrected chi connectivity index (χ3v) is 4.17. The van der Waals surface area contributed by atoms with Crippen LogP contribution in [0.15, 0.2) is 4.99 Å². The number of hydrogen-bond donors (Lipinski definition) is 1. The lowest BCUT2D eigenvalue weighted by Crippen LogP contribution is -2.41. The van der Waals surface area contributed by atoms with Gasteiger partial charge in [-0.2, -0.15) is 0 Å². The topological polar surface area (TPSA) is 46.1 Å². The SMILES string of the molecule is CCNC(=NCCCOCC)N1CCC2(CCOC2)C1.I. The number of hydrogen-bond acceptors (Lipinski definition) is 3. The lowest BCUT2D eigenvalue weighted by Gasteiger charge is -2.25. The van der Waals surface area contributed by atoms with Gasteiger partial charge in [0.15, 0.2) is 5.96 Å². The molecule has 0 radical (unpaired) electrons. The molecule has 2 heterocycles. The van der Waals surface area contributed by atoms with Crippen molar-refractivity contribution in [1.82, 2.24) is 10.2 Å². The van der Waals surface area contributed by atoms with Gasteiger partial charge in [0.1, 0.15) is 0 Å². The highest BCUT2D eigenvalue weighted by Crippen LogP contribution is 2.38. The fourth-order valence-electron chi connectivity index (χ4n) is 3.01. The molecule has 2 aliphatic rings. The fraction of sp³-hybridized carbons (Fsp3) is 0.933. The summed E-state index contributed by atoms with van der Waals surface area (Å²) in [5, 5.41) is 3.42. The second-order valence-electron chi connectivity index (χ2n) is 5.76. The Hall–Kier alpha value is -0.0800. The molecule has 1 atom stereocenters. The number of rotatable bonds is 6. The van der Waals surface area contributed by atoms with Gasteiger partial charge in [0.25, 0.3) is 0 Å². The van der Waals surface area contributed by atoms with Crippen LogP contribution in [0.25, 0.3) is 0 Å². The predicted molar refractivity (Wildman–Crippen MR) is 96.6 cm³/mol. The number of nitrogens with one attached hydrogen (secondary N) is 1. The Bertz CT molecular complexity index is 320. The molecule has 0 aromatic rings. The summed E-state index contributed by atoms with van der Waals surface area (Å²) < 4.78 is 10.9. The van der Waals surface area contributed by atoms with E-state index in [0.29, 0.717) is 5.41 Å². The van der Waals surface area contributed by atoms with Gasteiger partial charge in [0.05, 0.1) is 6.61 Å². The van der Waals surface area contributed by atoms with Crippen molar-refractivity contribution in [2.75, 3.05) is 52.6 Å². The van der Waals surface area contributed by atoms with Crippen molar-refractivity contribution in [2.24, 2.45) is 10.4 Å². The maximum absolute atomic E-state index is 5.59. The molecule has 2 saturated heterocycles. The molecule has 0 saturated carbocycles. The zero-order valence-corrected chi connectivity index (χ0v) is 15.7. The summed E-state index contributed by atoms with van der Waals surface area (Å²) in [6.45, 7) is 11.5. The smallest absolute Gasteiger partial charge is 0.193 e. The number of halogens is 1. The van der Waals surface area contributed by atoms with Gasteiger partial charge in [0, 0.05) is 51.4 Å². The van der Waals surface area contributed by atoms with Crippen LogP contribution in [-0.2, 0) is 9.47 Å². The molecule has 5 nitrogen and oxygen atoms in total. The molecule has 1 N–H and O–H groups in total. The monoisotopic (exact) mass is 411 g/mol. The van der Waals surface area contributed by atoms with Gasteiger partial charge in [-0.25, -0.2) is 0 Å². The maximum atomic E-state index is 5.59. The van der Waals surface area contributed by atoms with Crippen LogP contribution >= 0.6 is 24.0 Å². The second-order valence-corrected chi connectivity index (χ2v) is 5.76. The Balaban J connectivity index is 0.00000220. The summed E-state index contributed by atoms with van der Waals surface area (Å²) >= 11 is 0. The van der Waals surface area contributed by atoms with E-state index < -0.39 is 0 Å². The maximum Gasteiger partial charge on any atom is 0.193 e. The zero-order chi connectivity index (χ0) is 14.3. The van der Waals surface area contributed by atoms with E-state index in [1.165, 1.54) is 12.8 Å². The van der Waals surface area contributed by atoms with E-state index >= 15 is 0 Å². The molecule has 1 unspecified atom stereocenters. The summed E-state index contributed by atoms with van der Waals surface area (Å²) in [6, 6.07) is 0. The van der Waals surface area contributed by atoms with E-state index in [0.717, 1.165) is 65.0 Å². The Labute approximate surface area is 145 Å². The normalized spacial score (nSPS) is 25.4. The van der Waals surface area contributed by atoms with Crippen LogP contribution in [0, 0.1) is 5.41 Å². The van der Waals surface area contributed by atoms with Gasteiger partial charge >= 0.3 is 0 Å². The summed E-state index contributed by atoms with van der Waals surface area (Å²) in [7, 11) is 0. The minimum Gasteiger partial charge on any atom is -0.382 e. The van der Waals surface area contributed by atoms with Crippen molar-refractivity contribution < 1.29 is 9.47 Å². The molecule has 6 heteroatoms. The van der Waals surface area contributed by atoms with E-state index in [4.69, 9.17) is 14.5 Å². The summed E-state index contributed by atoms with van der Waals surface area (Å²) in [6.07, 6.45) is 3.43. The minimum absolute atomic E-state index is 0. The first kappa shape index (κ1) is 19.0. The van der Waals surface area contributed by atoms with E-state index in [2.05, 4.69) is 17.1 Å². The first-order valence-electron chi connectivity index (χ1n) is 7.98. The number of likely N-dealkylation sites (tertiary alicyclic amines) is 1. The molecule has 0 aromatic carbocycles. The van der Waals surface area contributed by atoms with Crippen molar-refractivity contribution in [3.05, 3.63) is 0 Å². The second kappa shape index (κ2) is 9.84. The Morgan fingerprint density at radius 3 is 2.90 bits per heavy atom. The number of ether oxygens (including phenoxy) is 2. The van der Waals surface area contributed by atoms with Gasteiger partial charge in [-0.1, -0.05) is 0 Å². The standard InChI is InChI=1S/C15H29N3O2.HI/c1-3-16-14(17-8-5-10-19-4-2)18-9-6-15(12-18)7-11-20-13-15;/h3-13H2,1-2H3,(H,16,17);1H. The highest BCUT2D eigenvalue weighted by Gasteiger charge is 2.42. The van der Waals surface area contributed by atoms with Crippen molar-refractivity contribution in [2.45, 2.75) is 33.1 Å². The zero-order valence-electron chi connectivity index (χ0n) is 13.4. The van der Waals surface area contributed by atoms with Crippen LogP contribution in [0.4, 0.5) is 0 Å². The summed E-state index contributed by atoms with van der Waals surface area (Å²) in [5.74, 6) is 1.06. The quantitative estimate of drug-likeness (QED) is 0.315. The van der Waals surface area contributed by atoms with Crippen LogP contribution in [0.3, 0.4) is 0 Å². The highest BCUT2D eigenvalue weighted by molar-refractivity contribution is 14.0. The molecule has 1 spiro atoms. The van der Waals surface area contributed by atoms with E-state index in [-0.39, 0.29) is 24.0 Å². The molecular formula is C15H30IN3O2. The van der Waals surface area contributed by atoms with E-state index in [1.807, 2.05) is 6.92 Å². The summed E-state index contributed by atoms with van der Waals surface area (Å²) in [4.78, 5) is 7.13. The minimum atomic E-state index is 0. The highest BCUT2D eigenvalue weighted by atomic mass is 127. The molecule has 21 heavy (non-hydrogen) atoms. The predicted octanol–water partition coefficient (Wildman–Crippen LogP) is 2.11. The van der Waals surface area contributed by atoms with Crippen molar-refractivity contribution in [1.29, 1.82) is 0 Å². The molecular weight excluding hydrogens is 381 g/mol. The van der Waals surface area contributed by atoms with Crippen molar-refractivity contribution in [3.63, 3.8) is 0 Å². The van der Waals surface area contributed by atoms with Crippen molar-refractivity contribution >= 4 is 29.9 Å². The molecule has 0 aromatic heterocycles. The van der Waals surface area contributed by atoms with E-state index in [9.17, 15) is 0 Å². The molecule has 0 aliphatic carbocycles. The molecule has 2 rings (SSSR count). The number of guanidine groups is 1. The molecule has 2 aliphatic heterocycles. The molecule has 2 fully saturated rings. The Morgan fingerprint density at radius 2 is 2.24 bits per heavy atom. The first-order chi connectivity index (χ1) is 9.79. The van der Waals surface area contributed by atoms with Gasteiger partial charge in [-0.3, -0.25) is 4.99 Å². The van der Waals surface area contributed by atoms with Crippen LogP contribution < -0.4 is 5.32 Å². The van der Waals surface area contributed by atoms with Crippen molar-refractivity contribution in [3.8, 4) is 0 Å². The van der Waals surface area contributed by atoms with E-state index in [1.54, 1.807) is 0 Å². The largest absolute Gasteiger partial charge is 0.382 e. The summed E-state index contributed by atoms with van der Waals surface area (Å²) in [5.41, 5.74) is 0.390. The average Bonchev–Trinajstić information content (AvgIpc) is 3.08. The Kier molecular flexibility index (Phi) is 8.89. The fourth-order valence-corrected chi connectivity index (χ4v) is 3.01. The molecule has 0 bridgehead atoms. The lowest BCUT2D eigenvalue weighted by molar-refractivity contribution is 0.146. The van der Waals surface area contributed by atoms with Gasteiger partial charge in [0.2, 0.25) is 0 Å². The third-order valence-electron chi connectivity index (χ3n) is 4.17. The average molecular weight is 411 g/mol. The number of aliphatic imine (C=N–C) groups is 1.